The van der Waals surface area contributed by atoms with Gasteiger partial charge in [0, 0.05) is 17.5 Å². The highest BCUT2D eigenvalue weighted by Gasteiger charge is 2.27. The van der Waals surface area contributed by atoms with Crippen LogP contribution in [0.15, 0.2) is 12.1 Å². The second-order valence-corrected chi connectivity index (χ2v) is 5.91. The first-order chi connectivity index (χ1) is 9.66. The van der Waals surface area contributed by atoms with Gasteiger partial charge >= 0.3 is 0 Å². The standard InChI is InChI=1S/C14H12ClF3N2O/c1-14(2,3)12-7(6-21)13(15)20(19-12)11-5-9(17)8(16)4-10(11)18/h4-6H,1-3H3. The summed E-state index contributed by atoms with van der Waals surface area (Å²) in [6.07, 6.45) is 0.504. The van der Waals surface area contributed by atoms with Crippen LogP contribution in [0.3, 0.4) is 0 Å². The van der Waals surface area contributed by atoms with Gasteiger partial charge < -0.3 is 0 Å². The Hall–Kier alpha value is -1.82. The zero-order valence-corrected chi connectivity index (χ0v) is 12.3. The Morgan fingerprint density at radius 3 is 2.19 bits per heavy atom. The van der Waals surface area contributed by atoms with Crippen molar-refractivity contribution in [2.75, 3.05) is 0 Å². The molecular formula is C14H12ClF3N2O. The van der Waals surface area contributed by atoms with Crippen molar-refractivity contribution < 1.29 is 18.0 Å². The molecule has 0 amide bonds. The van der Waals surface area contributed by atoms with Crippen molar-refractivity contribution in [3.05, 3.63) is 46.0 Å². The third-order valence-electron chi connectivity index (χ3n) is 2.91. The number of carbonyl (C=O) groups excluding carboxylic acids is 1. The van der Waals surface area contributed by atoms with Crippen molar-refractivity contribution in [3.63, 3.8) is 0 Å². The number of benzene rings is 1. The molecule has 21 heavy (non-hydrogen) atoms. The molecule has 2 aromatic rings. The molecule has 0 spiro atoms. The van der Waals surface area contributed by atoms with E-state index < -0.39 is 22.9 Å². The molecule has 0 radical (unpaired) electrons. The van der Waals surface area contributed by atoms with Gasteiger partial charge in [-0.05, 0) is 0 Å². The lowest BCUT2D eigenvalue weighted by atomic mass is 9.90. The lowest BCUT2D eigenvalue weighted by Crippen LogP contribution is -2.15. The summed E-state index contributed by atoms with van der Waals surface area (Å²) < 4.78 is 41.0. The van der Waals surface area contributed by atoms with E-state index >= 15 is 0 Å². The molecule has 3 nitrogen and oxygen atoms in total. The van der Waals surface area contributed by atoms with Crippen molar-refractivity contribution in [2.24, 2.45) is 0 Å². The summed E-state index contributed by atoms with van der Waals surface area (Å²) in [5.41, 5.74) is -0.461. The third-order valence-corrected chi connectivity index (χ3v) is 3.27. The van der Waals surface area contributed by atoms with Gasteiger partial charge in [0.1, 0.15) is 10.8 Å². The van der Waals surface area contributed by atoms with Crippen LogP contribution in [0.5, 0.6) is 0 Å². The Kier molecular flexibility index (Phi) is 3.84. The van der Waals surface area contributed by atoms with E-state index in [9.17, 15) is 18.0 Å². The van der Waals surface area contributed by atoms with Gasteiger partial charge in [-0.25, -0.2) is 17.9 Å². The second-order valence-electron chi connectivity index (χ2n) is 5.55. The number of halogens is 4. The summed E-state index contributed by atoms with van der Waals surface area (Å²) >= 11 is 6.02. The minimum absolute atomic E-state index is 0.0910. The Balaban J connectivity index is 2.74. The molecule has 0 saturated heterocycles. The first kappa shape index (κ1) is 15.6. The van der Waals surface area contributed by atoms with Crippen molar-refractivity contribution in [3.8, 4) is 5.69 Å². The van der Waals surface area contributed by atoms with Crippen molar-refractivity contribution in [2.45, 2.75) is 26.2 Å². The van der Waals surface area contributed by atoms with Gasteiger partial charge in [0.15, 0.2) is 23.7 Å². The van der Waals surface area contributed by atoms with Crippen LogP contribution in [0.1, 0.15) is 36.8 Å². The molecular weight excluding hydrogens is 305 g/mol. The highest BCUT2D eigenvalue weighted by Crippen LogP contribution is 2.31. The summed E-state index contributed by atoms with van der Waals surface area (Å²) in [5.74, 6) is -3.58. The van der Waals surface area contributed by atoms with Crippen LogP contribution in [0.25, 0.3) is 5.69 Å². The number of hydrogen-bond donors (Lipinski definition) is 0. The number of nitrogens with zero attached hydrogens (tertiary/aromatic N) is 2. The molecule has 0 fully saturated rings. The molecule has 0 bridgehead atoms. The lowest BCUT2D eigenvalue weighted by Gasteiger charge is -2.15. The lowest BCUT2D eigenvalue weighted by molar-refractivity contribution is 0.112. The molecule has 0 aliphatic rings. The first-order valence-corrected chi connectivity index (χ1v) is 6.43. The van der Waals surface area contributed by atoms with Gasteiger partial charge in [-0.1, -0.05) is 32.4 Å². The molecule has 0 atom stereocenters. The summed E-state index contributed by atoms with van der Waals surface area (Å²) in [4.78, 5) is 11.2. The SMILES string of the molecule is CC(C)(C)c1nn(-c2cc(F)c(F)cc2F)c(Cl)c1C=O. The average Bonchev–Trinajstić information content (AvgIpc) is 2.70. The van der Waals surface area contributed by atoms with Crippen LogP contribution in [0, 0.1) is 17.5 Å². The fourth-order valence-electron chi connectivity index (χ4n) is 1.90. The van der Waals surface area contributed by atoms with Crippen LogP contribution in [0.4, 0.5) is 13.2 Å². The van der Waals surface area contributed by atoms with E-state index in [1.54, 1.807) is 20.8 Å². The number of aromatic nitrogens is 2. The maximum absolute atomic E-state index is 13.8. The van der Waals surface area contributed by atoms with E-state index in [-0.39, 0.29) is 16.4 Å². The molecule has 0 aliphatic carbocycles. The van der Waals surface area contributed by atoms with Crippen LogP contribution >= 0.6 is 11.6 Å². The fraction of sp³-hybridized carbons (Fsp3) is 0.286. The Labute approximate surface area is 124 Å². The van der Waals surface area contributed by atoms with E-state index in [0.29, 0.717) is 24.1 Å². The van der Waals surface area contributed by atoms with Gasteiger partial charge in [0.2, 0.25) is 0 Å². The Morgan fingerprint density at radius 1 is 1.14 bits per heavy atom. The minimum atomic E-state index is -1.31. The Bertz CT molecular complexity index is 720. The van der Waals surface area contributed by atoms with E-state index in [0.717, 1.165) is 4.68 Å². The molecule has 112 valence electrons. The largest absolute Gasteiger partial charge is 0.298 e. The molecule has 0 aliphatic heterocycles. The highest BCUT2D eigenvalue weighted by molar-refractivity contribution is 6.32. The maximum Gasteiger partial charge on any atom is 0.161 e. The number of aldehydes is 1. The molecule has 1 aromatic carbocycles. The van der Waals surface area contributed by atoms with Gasteiger partial charge in [0.05, 0.1) is 11.3 Å². The minimum Gasteiger partial charge on any atom is -0.298 e. The average molecular weight is 317 g/mol. The van der Waals surface area contributed by atoms with Crippen LogP contribution in [0.2, 0.25) is 5.15 Å². The van der Waals surface area contributed by atoms with E-state index in [4.69, 9.17) is 11.6 Å². The molecule has 0 unspecified atom stereocenters. The topological polar surface area (TPSA) is 34.9 Å². The van der Waals surface area contributed by atoms with E-state index in [1.165, 1.54) is 0 Å². The molecule has 0 N–H and O–H groups in total. The third kappa shape index (κ3) is 2.68. The number of carbonyl (C=O) groups is 1. The van der Waals surface area contributed by atoms with Crippen molar-refractivity contribution in [1.82, 2.24) is 9.78 Å². The fourth-order valence-corrected chi connectivity index (χ4v) is 2.16. The van der Waals surface area contributed by atoms with Gasteiger partial charge in [-0.3, -0.25) is 4.79 Å². The zero-order chi connectivity index (χ0) is 15.9. The maximum atomic E-state index is 13.8. The molecule has 2 rings (SSSR count). The van der Waals surface area contributed by atoms with Crippen molar-refractivity contribution >= 4 is 17.9 Å². The number of rotatable bonds is 2. The molecule has 7 heteroatoms. The second kappa shape index (κ2) is 5.18. The monoisotopic (exact) mass is 316 g/mol. The normalized spacial score (nSPS) is 11.8. The zero-order valence-electron chi connectivity index (χ0n) is 11.5. The number of hydrogen-bond acceptors (Lipinski definition) is 2. The van der Waals surface area contributed by atoms with Crippen LogP contribution in [-0.2, 0) is 5.41 Å². The van der Waals surface area contributed by atoms with Crippen LogP contribution < -0.4 is 0 Å². The predicted octanol–water partition coefficient (Wildman–Crippen LogP) is 4.05. The summed E-state index contributed by atoms with van der Waals surface area (Å²) in [5, 5.41) is 3.93. The smallest absolute Gasteiger partial charge is 0.161 e. The predicted molar refractivity (Wildman–Crippen MR) is 72.5 cm³/mol. The Morgan fingerprint density at radius 2 is 1.71 bits per heavy atom. The van der Waals surface area contributed by atoms with E-state index in [1.807, 2.05) is 0 Å². The highest BCUT2D eigenvalue weighted by atomic mass is 35.5. The molecule has 1 heterocycles. The van der Waals surface area contributed by atoms with Gasteiger partial charge in [-0.2, -0.15) is 5.10 Å². The van der Waals surface area contributed by atoms with E-state index in [2.05, 4.69) is 5.10 Å². The summed E-state index contributed by atoms with van der Waals surface area (Å²) in [7, 11) is 0. The summed E-state index contributed by atoms with van der Waals surface area (Å²) in [6.45, 7) is 5.39. The molecule has 1 aromatic heterocycles. The first-order valence-electron chi connectivity index (χ1n) is 6.06. The quantitative estimate of drug-likeness (QED) is 0.619. The van der Waals surface area contributed by atoms with Crippen LogP contribution in [-0.4, -0.2) is 16.1 Å². The van der Waals surface area contributed by atoms with Crippen molar-refractivity contribution in [1.29, 1.82) is 0 Å². The summed E-state index contributed by atoms with van der Waals surface area (Å²) in [6, 6.07) is 1.05. The van der Waals surface area contributed by atoms with Gasteiger partial charge in [-0.15, -0.1) is 0 Å². The molecule has 0 saturated carbocycles. The van der Waals surface area contributed by atoms with Gasteiger partial charge in [0.25, 0.3) is 0 Å².